The molecule has 10 heteroatoms. The van der Waals surface area contributed by atoms with E-state index in [2.05, 4.69) is 13.8 Å². The molecule has 0 heterocycles. The second kappa shape index (κ2) is 34.6. The molecule has 0 spiro atoms. The Morgan fingerprint density at radius 1 is 0.369 bits per heavy atom. The van der Waals surface area contributed by atoms with E-state index in [0.717, 1.165) is 38.5 Å². The van der Waals surface area contributed by atoms with Gasteiger partial charge in [-0.2, -0.15) is 25.2 Å². The molecule has 0 fully saturated rings. The van der Waals surface area contributed by atoms with Crippen LogP contribution < -0.4 is 9.47 Å². The van der Waals surface area contributed by atoms with Gasteiger partial charge in [-0.15, -0.1) is 0 Å². The molecule has 0 amide bonds. The van der Waals surface area contributed by atoms with E-state index in [1.54, 1.807) is 78.9 Å². The van der Waals surface area contributed by atoms with Crippen LogP contribution in [0.2, 0.25) is 0 Å². The van der Waals surface area contributed by atoms with Crippen molar-refractivity contribution in [3.05, 3.63) is 78.9 Å². The number of unbranched alkanes of at least 4 members (excludes halogenated alkanes) is 30. The smallest absolute Gasteiger partial charge is 0.494 e. The summed E-state index contributed by atoms with van der Waals surface area (Å²) in [6, 6.07) is 21.5. The molecule has 3 aromatic carbocycles. The summed E-state index contributed by atoms with van der Waals surface area (Å²) < 4.78 is 85.6. The number of rotatable bonds is 41. The van der Waals surface area contributed by atoms with Crippen molar-refractivity contribution < 1.29 is 34.7 Å². The van der Waals surface area contributed by atoms with E-state index in [1.807, 2.05) is 0 Å². The number of benzene rings is 3. The lowest BCUT2D eigenvalue weighted by Crippen LogP contribution is -2.27. The van der Waals surface area contributed by atoms with E-state index in [1.165, 1.54) is 167 Å². The second-order valence-electron chi connectivity index (χ2n) is 18.1. The van der Waals surface area contributed by atoms with Crippen LogP contribution in [0.25, 0.3) is 0 Å². The molecule has 65 heavy (non-hydrogen) atoms. The molecule has 0 bridgehead atoms. The van der Waals surface area contributed by atoms with Crippen LogP contribution in [0.15, 0.2) is 93.5 Å². The Bertz CT molecular complexity index is 1600. The Kier molecular flexibility index (Phi) is 30.1. The molecular formula is C55H87F3O5S2. The fourth-order valence-electron chi connectivity index (χ4n) is 8.45. The standard InChI is InChI=1S/C55H87F3O5S2/c1-3-5-7-9-11-13-15-17-19-21-23-25-27-29-31-36-48-61-50-40-44-53(45-41-50)64(52-38-34-33-35-39-52,63-65(59,60)55(56,57)58)54-46-42-51(43-47-54)62-49-37-32-30-28-26-24-22-20-18-16-14-12-10-8-6-4-2/h33-35,38-47H,3-32,36-37,48-49H2,1-2H3. The summed E-state index contributed by atoms with van der Waals surface area (Å²) in [5, 5.41) is 0. The number of halogens is 3. The molecule has 3 aromatic rings. The third-order valence-electron chi connectivity index (χ3n) is 12.4. The van der Waals surface area contributed by atoms with Crippen molar-refractivity contribution in [3.63, 3.8) is 0 Å². The molecule has 5 nitrogen and oxygen atoms in total. The summed E-state index contributed by atoms with van der Waals surface area (Å²) in [5.41, 5.74) is -5.62. The van der Waals surface area contributed by atoms with Gasteiger partial charge >= 0.3 is 15.6 Å². The number of hydrogen-bond acceptors (Lipinski definition) is 5. The van der Waals surface area contributed by atoms with Gasteiger partial charge in [0.15, 0.2) is 0 Å². The van der Waals surface area contributed by atoms with Crippen LogP contribution in [-0.4, -0.2) is 27.1 Å². The topological polar surface area (TPSA) is 61.8 Å². The number of hydrogen-bond donors (Lipinski definition) is 0. The molecule has 0 aliphatic rings. The zero-order valence-corrected chi connectivity index (χ0v) is 42.2. The summed E-state index contributed by atoms with van der Waals surface area (Å²) in [7, 11) is -9.46. The Labute approximate surface area is 396 Å². The highest BCUT2D eigenvalue weighted by Gasteiger charge is 2.52. The summed E-state index contributed by atoms with van der Waals surface area (Å²) in [6.45, 7) is 5.57. The van der Waals surface area contributed by atoms with Crippen LogP contribution in [0.5, 0.6) is 11.5 Å². The van der Waals surface area contributed by atoms with Gasteiger partial charge in [0.1, 0.15) is 11.5 Å². The van der Waals surface area contributed by atoms with Crippen molar-refractivity contribution in [2.45, 2.75) is 240 Å². The van der Waals surface area contributed by atoms with Gasteiger partial charge in [-0.3, -0.25) is 0 Å². The Balaban J connectivity index is 1.47. The summed E-state index contributed by atoms with van der Waals surface area (Å²) in [4.78, 5) is 0.915. The minimum Gasteiger partial charge on any atom is -0.494 e. The van der Waals surface area contributed by atoms with Crippen molar-refractivity contribution in [1.29, 1.82) is 0 Å². The van der Waals surface area contributed by atoms with Crippen molar-refractivity contribution in [2.75, 3.05) is 13.2 Å². The Morgan fingerprint density at radius 3 is 0.908 bits per heavy atom. The van der Waals surface area contributed by atoms with E-state index >= 15 is 0 Å². The van der Waals surface area contributed by atoms with Crippen LogP contribution in [0.1, 0.15) is 219 Å². The third-order valence-corrected chi connectivity index (χ3v) is 17.3. The van der Waals surface area contributed by atoms with Gasteiger partial charge in [-0.25, -0.2) is 0 Å². The number of alkyl halides is 3. The molecule has 0 aliphatic carbocycles. The highest BCUT2D eigenvalue weighted by atomic mass is 32.3. The van der Waals surface area contributed by atoms with Gasteiger partial charge in [-0.05, 0) is 83.8 Å². The minimum atomic E-state index is -6.02. The maximum Gasteiger partial charge on any atom is 0.524 e. The van der Waals surface area contributed by atoms with Crippen LogP contribution in [0, 0.1) is 0 Å². The first-order chi connectivity index (χ1) is 31.6. The fraction of sp³-hybridized carbons (Fsp3) is 0.673. The Morgan fingerprint density at radius 2 is 0.631 bits per heavy atom. The van der Waals surface area contributed by atoms with Crippen LogP contribution in [0.4, 0.5) is 13.2 Å². The van der Waals surface area contributed by atoms with E-state index < -0.39 is 25.9 Å². The lowest BCUT2D eigenvalue weighted by molar-refractivity contribution is -0.0496. The number of ether oxygens (including phenoxy) is 2. The van der Waals surface area contributed by atoms with Gasteiger partial charge in [0.2, 0.25) is 0 Å². The normalized spacial score (nSPS) is 12.4. The Hall–Kier alpha value is -2.69. The van der Waals surface area contributed by atoms with Crippen LogP contribution >= 0.6 is 10.3 Å². The van der Waals surface area contributed by atoms with Crippen molar-refractivity contribution in [1.82, 2.24) is 0 Å². The molecule has 0 aliphatic heterocycles. The lowest BCUT2D eigenvalue weighted by Gasteiger charge is -2.39. The van der Waals surface area contributed by atoms with Gasteiger partial charge in [-0.1, -0.05) is 225 Å². The highest BCUT2D eigenvalue weighted by molar-refractivity contribution is 8.33. The second-order valence-corrected chi connectivity index (χ2v) is 22.5. The first-order valence-electron chi connectivity index (χ1n) is 26.0. The quantitative estimate of drug-likeness (QED) is 0.0419. The zero-order valence-electron chi connectivity index (χ0n) is 40.5. The predicted octanol–water partition coefficient (Wildman–Crippen LogP) is 19.0. The summed E-state index contributed by atoms with van der Waals surface area (Å²) in [5.74, 6) is 1.13. The highest BCUT2D eigenvalue weighted by Crippen LogP contribution is 2.70. The van der Waals surface area contributed by atoms with E-state index in [-0.39, 0.29) is 0 Å². The van der Waals surface area contributed by atoms with Gasteiger partial charge in [0.05, 0.1) is 13.2 Å². The van der Waals surface area contributed by atoms with Crippen molar-refractivity contribution >= 4 is 20.4 Å². The molecule has 0 radical (unpaired) electrons. The molecule has 0 atom stereocenters. The fourth-order valence-corrected chi connectivity index (χ4v) is 13.2. The zero-order chi connectivity index (χ0) is 46.7. The molecule has 370 valence electrons. The maximum absolute atomic E-state index is 14.1. The van der Waals surface area contributed by atoms with E-state index in [4.69, 9.17) is 13.1 Å². The average Bonchev–Trinajstić information content (AvgIpc) is 3.30. The van der Waals surface area contributed by atoms with Crippen molar-refractivity contribution in [3.8, 4) is 11.5 Å². The molecule has 0 aromatic heterocycles. The first kappa shape index (κ1) is 56.6. The van der Waals surface area contributed by atoms with Crippen LogP contribution in [-0.2, 0) is 13.7 Å². The molecule has 0 N–H and O–H groups in total. The predicted molar refractivity (Wildman–Crippen MR) is 268 cm³/mol. The molecular weight excluding hydrogens is 862 g/mol. The van der Waals surface area contributed by atoms with Crippen molar-refractivity contribution in [2.24, 2.45) is 0 Å². The van der Waals surface area contributed by atoms with Gasteiger partial charge < -0.3 is 9.47 Å². The van der Waals surface area contributed by atoms with E-state index in [9.17, 15) is 21.6 Å². The summed E-state index contributed by atoms with van der Waals surface area (Å²) in [6.07, 6.45) is 41.2. The van der Waals surface area contributed by atoms with Gasteiger partial charge in [0.25, 0.3) is 0 Å². The molecule has 3 rings (SSSR count). The summed E-state index contributed by atoms with van der Waals surface area (Å²) >= 11 is 0. The van der Waals surface area contributed by atoms with Crippen LogP contribution in [0.3, 0.4) is 0 Å². The first-order valence-corrected chi connectivity index (χ1v) is 29.0. The van der Waals surface area contributed by atoms with E-state index in [0.29, 0.717) is 39.4 Å². The molecule has 0 saturated carbocycles. The largest absolute Gasteiger partial charge is 0.524 e. The maximum atomic E-state index is 14.1. The minimum absolute atomic E-state index is 0.299. The third kappa shape index (κ3) is 23.3. The SMILES string of the molecule is CCCCCCCCCCCCCCCCCCOc1ccc(S(OS(=O)(=O)C(F)(F)F)(c2ccccc2)c2ccc(OCCCCCCCCCCCCCCCCCC)cc2)cc1. The van der Waals surface area contributed by atoms with Gasteiger partial charge in [0, 0.05) is 14.7 Å². The molecule has 0 saturated heterocycles. The molecule has 0 unspecified atom stereocenters. The lowest BCUT2D eigenvalue weighted by atomic mass is 10.0. The average molecular weight is 949 g/mol. The monoisotopic (exact) mass is 949 g/mol.